The maximum atomic E-state index is 12.0. The maximum Gasteiger partial charge on any atom is 0.265 e. The predicted octanol–water partition coefficient (Wildman–Crippen LogP) is 4.57. The number of benzene rings is 1. The third kappa shape index (κ3) is 3.68. The van der Waals surface area contributed by atoms with Gasteiger partial charge in [-0.1, -0.05) is 30.4 Å². The van der Waals surface area contributed by atoms with Crippen LogP contribution >= 0.6 is 11.3 Å². The highest BCUT2D eigenvalue weighted by atomic mass is 32.1. The van der Waals surface area contributed by atoms with Crippen molar-refractivity contribution in [2.24, 2.45) is 0 Å². The first-order valence-electron chi connectivity index (χ1n) is 6.84. The first kappa shape index (κ1) is 14.2. The van der Waals surface area contributed by atoms with Gasteiger partial charge in [0.05, 0.1) is 4.88 Å². The molecule has 22 heavy (non-hydrogen) atoms. The van der Waals surface area contributed by atoms with Crippen LogP contribution in [0.5, 0.6) is 0 Å². The molecule has 0 saturated heterocycles. The number of pyridine rings is 1. The zero-order chi connectivity index (χ0) is 15.2. The van der Waals surface area contributed by atoms with Crippen molar-refractivity contribution in [3.8, 4) is 0 Å². The van der Waals surface area contributed by atoms with Crippen molar-refractivity contribution in [3.05, 3.63) is 82.3 Å². The monoisotopic (exact) mass is 306 g/mol. The van der Waals surface area contributed by atoms with Gasteiger partial charge in [0.1, 0.15) is 0 Å². The largest absolute Gasteiger partial charge is 0.321 e. The topological polar surface area (TPSA) is 42.0 Å². The lowest BCUT2D eigenvalue weighted by atomic mass is 10.1. The van der Waals surface area contributed by atoms with E-state index in [-0.39, 0.29) is 5.91 Å². The molecule has 1 aromatic carbocycles. The van der Waals surface area contributed by atoms with Gasteiger partial charge >= 0.3 is 0 Å². The molecule has 3 aromatic rings. The van der Waals surface area contributed by atoms with E-state index in [2.05, 4.69) is 10.3 Å². The molecule has 0 aliphatic rings. The van der Waals surface area contributed by atoms with Crippen molar-refractivity contribution in [3.63, 3.8) is 0 Å². The van der Waals surface area contributed by atoms with E-state index in [4.69, 9.17) is 0 Å². The van der Waals surface area contributed by atoms with Crippen molar-refractivity contribution >= 4 is 35.1 Å². The molecule has 0 unspecified atom stereocenters. The third-order valence-corrected chi connectivity index (χ3v) is 3.93. The molecular formula is C18H14N2OS. The molecule has 0 spiro atoms. The number of thiophene rings is 1. The van der Waals surface area contributed by atoms with Gasteiger partial charge in [0.25, 0.3) is 5.91 Å². The average Bonchev–Trinajstić information content (AvgIpc) is 3.09. The maximum absolute atomic E-state index is 12.0. The molecule has 0 aliphatic carbocycles. The van der Waals surface area contributed by atoms with E-state index in [1.54, 1.807) is 12.4 Å². The highest BCUT2D eigenvalue weighted by Crippen LogP contribution is 2.16. The molecule has 0 fully saturated rings. The molecule has 1 N–H and O–H groups in total. The highest BCUT2D eigenvalue weighted by molar-refractivity contribution is 7.12. The van der Waals surface area contributed by atoms with Crippen molar-refractivity contribution in [2.75, 3.05) is 5.32 Å². The normalized spacial score (nSPS) is 10.7. The number of anilines is 1. The van der Waals surface area contributed by atoms with Crippen LogP contribution in [0.25, 0.3) is 12.2 Å². The zero-order valence-corrected chi connectivity index (χ0v) is 12.6. The number of hydrogen-bond donors (Lipinski definition) is 1. The van der Waals surface area contributed by atoms with Crippen LogP contribution in [0.3, 0.4) is 0 Å². The van der Waals surface area contributed by atoms with Gasteiger partial charge in [-0.3, -0.25) is 9.78 Å². The third-order valence-electron chi connectivity index (χ3n) is 3.06. The lowest BCUT2D eigenvalue weighted by molar-refractivity contribution is 0.103. The number of carbonyl (C=O) groups is 1. The second kappa shape index (κ2) is 6.83. The van der Waals surface area contributed by atoms with Crippen molar-refractivity contribution in [1.29, 1.82) is 0 Å². The summed E-state index contributed by atoms with van der Waals surface area (Å²) in [6, 6.07) is 15.3. The number of nitrogens with zero attached hydrogens (tertiary/aromatic N) is 1. The van der Waals surface area contributed by atoms with Crippen molar-refractivity contribution < 1.29 is 4.79 Å². The molecule has 4 heteroatoms. The minimum atomic E-state index is -0.0785. The van der Waals surface area contributed by atoms with Crippen LogP contribution in [0, 0.1) is 0 Å². The predicted molar refractivity (Wildman–Crippen MR) is 91.9 cm³/mol. The second-order valence-electron chi connectivity index (χ2n) is 4.67. The Bertz CT molecular complexity index is 780. The van der Waals surface area contributed by atoms with E-state index in [0.717, 1.165) is 16.8 Å². The fourth-order valence-electron chi connectivity index (χ4n) is 1.99. The molecule has 108 valence electrons. The Morgan fingerprint density at radius 1 is 1.00 bits per heavy atom. The summed E-state index contributed by atoms with van der Waals surface area (Å²) >= 11 is 1.43. The van der Waals surface area contributed by atoms with E-state index in [1.165, 1.54) is 11.3 Å². The fourth-order valence-corrected chi connectivity index (χ4v) is 2.61. The fraction of sp³-hybridized carbons (Fsp3) is 0. The summed E-state index contributed by atoms with van der Waals surface area (Å²) in [5, 5.41) is 4.80. The number of carbonyl (C=O) groups excluding carboxylic acids is 1. The van der Waals surface area contributed by atoms with E-state index in [9.17, 15) is 4.79 Å². The molecule has 0 aliphatic heterocycles. The van der Waals surface area contributed by atoms with Crippen molar-refractivity contribution in [1.82, 2.24) is 4.98 Å². The zero-order valence-electron chi connectivity index (χ0n) is 11.8. The molecule has 1 amide bonds. The Balaban J connectivity index is 1.73. The summed E-state index contributed by atoms with van der Waals surface area (Å²) in [5.74, 6) is -0.0785. The minimum Gasteiger partial charge on any atom is -0.321 e. The van der Waals surface area contributed by atoms with Gasteiger partial charge in [-0.15, -0.1) is 11.3 Å². The van der Waals surface area contributed by atoms with Gasteiger partial charge in [0, 0.05) is 18.1 Å². The van der Waals surface area contributed by atoms with Gasteiger partial charge in [0.15, 0.2) is 0 Å². The lowest BCUT2D eigenvalue weighted by Crippen LogP contribution is -2.09. The highest BCUT2D eigenvalue weighted by Gasteiger charge is 2.06. The van der Waals surface area contributed by atoms with Crippen LogP contribution in [0.4, 0.5) is 5.69 Å². The minimum absolute atomic E-state index is 0.0785. The van der Waals surface area contributed by atoms with Crippen LogP contribution in [0.15, 0.2) is 66.3 Å². The summed E-state index contributed by atoms with van der Waals surface area (Å²) in [5.41, 5.74) is 2.90. The van der Waals surface area contributed by atoms with E-state index in [0.29, 0.717) is 4.88 Å². The summed E-state index contributed by atoms with van der Waals surface area (Å²) in [4.78, 5) is 16.7. The SMILES string of the molecule is O=C(Nc1cccc(C=Cc2ccncc2)c1)c1cccs1. The van der Waals surface area contributed by atoms with Crippen LogP contribution in [0.2, 0.25) is 0 Å². The Morgan fingerprint density at radius 3 is 2.59 bits per heavy atom. The van der Waals surface area contributed by atoms with Crippen LogP contribution < -0.4 is 5.32 Å². The molecule has 3 rings (SSSR count). The number of rotatable bonds is 4. The Hall–Kier alpha value is -2.72. The van der Waals surface area contributed by atoms with E-state index < -0.39 is 0 Å². The Labute approximate surface area is 133 Å². The molecule has 0 saturated carbocycles. The van der Waals surface area contributed by atoms with Crippen LogP contribution in [-0.2, 0) is 0 Å². The quantitative estimate of drug-likeness (QED) is 0.767. The second-order valence-corrected chi connectivity index (χ2v) is 5.62. The Morgan fingerprint density at radius 2 is 1.82 bits per heavy atom. The van der Waals surface area contributed by atoms with Gasteiger partial charge in [-0.05, 0) is 46.8 Å². The first-order chi connectivity index (χ1) is 10.8. The smallest absolute Gasteiger partial charge is 0.265 e. The first-order valence-corrected chi connectivity index (χ1v) is 7.72. The van der Waals surface area contributed by atoms with Gasteiger partial charge in [0.2, 0.25) is 0 Å². The number of aromatic nitrogens is 1. The van der Waals surface area contributed by atoms with Crippen LogP contribution in [0.1, 0.15) is 20.8 Å². The molecule has 0 bridgehead atoms. The molecular weight excluding hydrogens is 292 g/mol. The van der Waals surface area contributed by atoms with E-state index >= 15 is 0 Å². The van der Waals surface area contributed by atoms with Gasteiger partial charge in [-0.2, -0.15) is 0 Å². The lowest BCUT2D eigenvalue weighted by Gasteiger charge is -2.04. The molecule has 0 radical (unpaired) electrons. The summed E-state index contributed by atoms with van der Waals surface area (Å²) < 4.78 is 0. The number of nitrogens with one attached hydrogen (secondary N) is 1. The van der Waals surface area contributed by atoms with Gasteiger partial charge in [-0.25, -0.2) is 0 Å². The molecule has 0 atom stereocenters. The van der Waals surface area contributed by atoms with Gasteiger partial charge < -0.3 is 5.32 Å². The summed E-state index contributed by atoms with van der Waals surface area (Å²) in [6.45, 7) is 0. The average molecular weight is 306 g/mol. The standard InChI is InChI=1S/C18H14N2OS/c21-18(17-5-2-12-22-17)20-16-4-1-3-15(13-16)7-6-14-8-10-19-11-9-14/h1-13H,(H,20,21). The van der Waals surface area contributed by atoms with E-state index in [1.807, 2.05) is 66.1 Å². The number of hydrogen-bond acceptors (Lipinski definition) is 3. The molecule has 2 aromatic heterocycles. The molecule has 3 nitrogen and oxygen atoms in total. The molecule has 2 heterocycles. The number of amides is 1. The van der Waals surface area contributed by atoms with Crippen molar-refractivity contribution in [2.45, 2.75) is 0 Å². The summed E-state index contributed by atoms with van der Waals surface area (Å²) in [7, 11) is 0. The Kier molecular flexibility index (Phi) is 4.41. The van der Waals surface area contributed by atoms with Crippen LogP contribution in [-0.4, -0.2) is 10.9 Å². The summed E-state index contributed by atoms with van der Waals surface area (Å²) in [6.07, 6.45) is 7.55.